The molecule has 16 heavy (non-hydrogen) atoms. The zero-order chi connectivity index (χ0) is 12.7. The summed E-state index contributed by atoms with van der Waals surface area (Å²) in [5, 5.41) is 15.1. The first kappa shape index (κ1) is 17.8. The summed E-state index contributed by atoms with van der Waals surface area (Å²) in [7, 11) is 0. The first-order valence-electron chi connectivity index (χ1n) is 2.99. The van der Waals surface area contributed by atoms with Gasteiger partial charge in [-0.3, -0.25) is 0 Å². The Morgan fingerprint density at radius 3 is 1.06 bits per heavy atom. The summed E-state index contributed by atoms with van der Waals surface area (Å²) in [6.45, 7) is 0. The Bertz CT molecular complexity index is 275. The van der Waals surface area contributed by atoms with Crippen LogP contribution in [0.3, 0.4) is 0 Å². The van der Waals surface area contributed by atoms with E-state index < -0.39 is 29.7 Å². The van der Waals surface area contributed by atoms with Crippen LogP contribution in [0.2, 0.25) is 0 Å². The topological polar surface area (TPSA) is 74.6 Å². The molecule has 91 valence electrons. The average molecular weight is 355 g/mol. The molecule has 0 fully saturated rings. The number of hydrogen-bond acceptors (Lipinski definition) is 2. The van der Waals surface area contributed by atoms with Gasteiger partial charge in [-0.2, -0.15) is 26.3 Å². The minimum absolute atomic E-state index is 0. The molecular weight excluding hydrogens is 353 g/mol. The summed E-state index contributed by atoms with van der Waals surface area (Å²) in [6.07, 6.45) is 0. The largest absolute Gasteiger partial charge is 0.477 e. The van der Waals surface area contributed by atoms with E-state index in [0.29, 0.717) is 0 Å². The third-order valence-electron chi connectivity index (χ3n) is 1.33. The van der Waals surface area contributed by atoms with Crippen molar-refractivity contribution in [3.05, 3.63) is 0 Å². The molecule has 0 unspecified atom stereocenters. The molecule has 0 spiro atoms. The second kappa shape index (κ2) is 4.72. The van der Waals surface area contributed by atoms with Crippen LogP contribution >= 0.6 is 0 Å². The zero-order valence-electron chi connectivity index (χ0n) is 7.06. The predicted molar refractivity (Wildman–Crippen MR) is 35.9 cm³/mol. The number of hydrogen-bond donors (Lipinski definition) is 2. The number of aliphatic carboxylic acids is 2. The molecule has 0 amide bonds. The summed E-state index contributed by atoms with van der Waals surface area (Å²) in [6, 6.07) is 0. The van der Waals surface area contributed by atoms with E-state index in [-0.39, 0.29) is 25.8 Å². The van der Waals surface area contributed by atoms with Crippen LogP contribution in [0.5, 0.6) is 0 Å². The maximum Gasteiger partial charge on any atom is 0.411 e. The average Bonchev–Trinajstić information content (AvgIpc) is 2.02. The Morgan fingerprint density at radius 2 is 0.938 bits per heavy atom. The monoisotopic (exact) mass is 355 g/mol. The van der Waals surface area contributed by atoms with Crippen molar-refractivity contribution in [2.24, 2.45) is 0 Å². The van der Waals surface area contributed by atoms with Crippen LogP contribution in [0.15, 0.2) is 0 Å². The second-order valence-corrected chi connectivity index (χ2v) is 2.33. The predicted octanol–water partition coefficient (Wildman–Crippen LogP) is 0.681. The minimum atomic E-state index is -6.53. The number of carboxylic acids is 2. The van der Waals surface area contributed by atoms with Crippen molar-refractivity contribution >= 4 is 37.8 Å². The van der Waals surface area contributed by atoms with Gasteiger partial charge in [0.2, 0.25) is 0 Å². The smallest absolute Gasteiger partial charge is 0.411 e. The van der Waals surface area contributed by atoms with Crippen molar-refractivity contribution in [3.8, 4) is 0 Å². The Balaban J connectivity index is 0. The molecule has 0 atom stereocenters. The Morgan fingerprint density at radius 1 is 0.750 bits per heavy atom. The molecule has 0 aromatic carbocycles. The third kappa shape index (κ3) is 2.38. The number of halogens is 6. The fourth-order valence-corrected chi connectivity index (χ4v) is 0.466. The SMILES string of the molecule is O=C(O)C(F)(F)C(F)(F)C(F)(F)C(=O)O.[In]. The van der Waals surface area contributed by atoms with Gasteiger partial charge in [0, 0.05) is 25.8 Å². The number of alkyl halides is 6. The van der Waals surface area contributed by atoms with E-state index in [1.807, 2.05) is 0 Å². The maximum absolute atomic E-state index is 12.2. The number of carbonyl (C=O) groups is 2. The van der Waals surface area contributed by atoms with E-state index in [0.717, 1.165) is 0 Å². The Labute approximate surface area is 102 Å². The van der Waals surface area contributed by atoms with Crippen LogP contribution in [-0.2, 0) is 9.59 Å². The van der Waals surface area contributed by atoms with Crippen molar-refractivity contribution in [2.75, 3.05) is 0 Å². The van der Waals surface area contributed by atoms with Gasteiger partial charge in [-0.15, -0.1) is 0 Å². The number of carboxylic acid groups (broad SMARTS) is 2. The normalized spacial score (nSPS) is 12.9. The summed E-state index contributed by atoms with van der Waals surface area (Å²) < 4.78 is 72.8. The van der Waals surface area contributed by atoms with Gasteiger partial charge in [0.25, 0.3) is 0 Å². The van der Waals surface area contributed by atoms with E-state index in [9.17, 15) is 35.9 Å². The maximum atomic E-state index is 12.2. The molecule has 0 aliphatic carbocycles. The molecule has 11 heteroatoms. The second-order valence-electron chi connectivity index (χ2n) is 2.33. The molecule has 4 nitrogen and oxygen atoms in total. The molecule has 0 saturated carbocycles. The quantitative estimate of drug-likeness (QED) is 0.728. The van der Waals surface area contributed by atoms with Crippen LogP contribution < -0.4 is 0 Å². The van der Waals surface area contributed by atoms with Gasteiger partial charge < -0.3 is 10.2 Å². The summed E-state index contributed by atoms with van der Waals surface area (Å²) >= 11 is 0. The third-order valence-corrected chi connectivity index (χ3v) is 1.33. The Hall–Kier alpha value is -0.610. The van der Waals surface area contributed by atoms with Crippen molar-refractivity contribution < 1.29 is 46.1 Å². The first-order valence-corrected chi connectivity index (χ1v) is 2.99. The first-order chi connectivity index (χ1) is 6.39. The van der Waals surface area contributed by atoms with Crippen molar-refractivity contribution in [3.63, 3.8) is 0 Å². The van der Waals surface area contributed by atoms with Crippen LogP contribution in [0.25, 0.3) is 0 Å². The van der Waals surface area contributed by atoms with E-state index in [2.05, 4.69) is 0 Å². The van der Waals surface area contributed by atoms with E-state index >= 15 is 0 Å². The molecule has 0 aromatic rings. The molecule has 0 aliphatic rings. The molecule has 0 rings (SSSR count). The molecule has 0 saturated heterocycles. The van der Waals surface area contributed by atoms with Gasteiger partial charge >= 0.3 is 29.7 Å². The van der Waals surface area contributed by atoms with Gasteiger partial charge in [0.05, 0.1) is 0 Å². The molecule has 0 heterocycles. The molecule has 0 aliphatic heterocycles. The van der Waals surface area contributed by atoms with Crippen molar-refractivity contribution in [1.82, 2.24) is 0 Å². The summed E-state index contributed by atoms with van der Waals surface area (Å²) in [5.74, 6) is -26.0. The Kier molecular flexibility index (Phi) is 5.24. The summed E-state index contributed by atoms with van der Waals surface area (Å²) in [5.41, 5.74) is 0. The van der Waals surface area contributed by atoms with Crippen LogP contribution in [0.1, 0.15) is 0 Å². The molecular formula is C5H2F6InO4. The molecule has 0 bridgehead atoms. The van der Waals surface area contributed by atoms with Crippen LogP contribution in [-0.4, -0.2) is 65.8 Å². The van der Waals surface area contributed by atoms with Crippen molar-refractivity contribution in [2.45, 2.75) is 17.8 Å². The van der Waals surface area contributed by atoms with Crippen molar-refractivity contribution in [1.29, 1.82) is 0 Å². The summed E-state index contributed by atoms with van der Waals surface area (Å²) in [4.78, 5) is 19.2. The fourth-order valence-electron chi connectivity index (χ4n) is 0.466. The minimum Gasteiger partial charge on any atom is -0.477 e. The van der Waals surface area contributed by atoms with E-state index in [4.69, 9.17) is 10.2 Å². The van der Waals surface area contributed by atoms with Gasteiger partial charge in [-0.25, -0.2) is 9.59 Å². The van der Waals surface area contributed by atoms with Gasteiger partial charge in [0.1, 0.15) is 0 Å². The van der Waals surface area contributed by atoms with Gasteiger partial charge in [0.15, 0.2) is 0 Å². The zero-order valence-corrected chi connectivity index (χ0v) is 10.4. The number of rotatable bonds is 4. The van der Waals surface area contributed by atoms with Gasteiger partial charge in [-0.1, -0.05) is 0 Å². The van der Waals surface area contributed by atoms with Crippen LogP contribution in [0, 0.1) is 0 Å². The molecule has 3 radical (unpaired) electrons. The molecule has 2 N–H and O–H groups in total. The van der Waals surface area contributed by atoms with Gasteiger partial charge in [-0.05, 0) is 0 Å². The van der Waals surface area contributed by atoms with Crippen LogP contribution in [0.4, 0.5) is 26.3 Å². The standard InChI is InChI=1S/C5H2F6O4.In/c6-3(7,1(12)13)5(10,11)4(8,9)2(14)15;/h(H,12,13)(H,14,15);. The van der Waals surface area contributed by atoms with E-state index in [1.54, 1.807) is 0 Å². The molecule has 0 aromatic heterocycles. The fraction of sp³-hybridized carbons (Fsp3) is 0.600. The van der Waals surface area contributed by atoms with E-state index in [1.165, 1.54) is 0 Å².